The maximum absolute atomic E-state index is 13.5. The summed E-state index contributed by atoms with van der Waals surface area (Å²) in [4.78, 5) is 0. The Bertz CT molecular complexity index is 484. The Morgan fingerprint density at radius 3 is 2.82 bits per heavy atom. The molecule has 0 saturated carbocycles. The van der Waals surface area contributed by atoms with E-state index in [9.17, 15) is 4.39 Å². The van der Waals surface area contributed by atoms with Crippen molar-refractivity contribution in [1.29, 1.82) is 0 Å². The molecule has 1 aromatic carbocycles. The Morgan fingerprint density at radius 2 is 2.12 bits per heavy atom. The molecule has 2 N–H and O–H groups in total. The molecule has 1 heterocycles. The average molecular weight is 314 g/mol. The van der Waals surface area contributed by atoms with Gasteiger partial charge in [0.15, 0.2) is 0 Å². The monoisotopic (exact) mass is 313 g/mol. The van der Waals surface area contributed by atoms with Crippen molar-refractivity contribution >= 4 is 27.3 Å². The Kier molecular flexibility index (Phi) is 4.31. The smallest absolute Gasteiger partial charge is 0.126 e. The standard InChI is InChI=1S/C13H13BrFNS/c14-11-1-2-13(15)10(6-11)7-12(16)5-9-3-4-17-8-9/h1-4,6,8,12H,5,7,16H2. The van der Waals surface area contributed by atoms with Crippen LogP contribution in [0.3, 0.4) is 0 Å². The van der Waals surface area contributed by atoms with Gasteiger partial charge >= 0.3 is 0 Å². The van der Waals surface area contributed by atoms with E-state index in [1.165, 1.54) is 11.6 Å². The summed E-state index contributed by atoms with van der Waals surface area (Å²) in [5.74, 6) is -0.186. The van der Waals surface area contributed by atoms with Crippen LogP contribution in [0.15, 0.2) is 39.5 Å². The first-order chi connectivity index (χ1) is 8.15. The normalized spacial score (nSPS) is 12.6. The zero-order chi connectivity index (χ0) is 12.3. The van der Waals surface area contributed by atoms with Crippen LogP contribution in [-0.2, 0) is 12.8 Å². The summed E-state index contributed by atoms with van der Waals surface area (Å²) in [7, 11) is 0. The van der Waals surface area contributed by atoms with E-state index in [4.69, 9.17) is 5.73 Å². The second kappa shape index (κ2) is 5.76. The van der Waals surface area contributed by atoms with Crippen molar-refractivity contribution in [2.24, 2.45) is 5.73 Å². The van der Waals surface area contributed by atoms with Crippen LogP contribution in [-0.4, -0.2) is 6.04 Å². The van der Waals surface area contributed by atoms with Gasteiger partial charge in [-0.05, 0) is 59.0 Å². The molecule has 1 unspecified atom stereocenters. The molecule has 1 atom stereocenters. The van der Waals surface area contributed by atoms with Crippen molar-refractivity contribution in [2.45, 2.75) is 18.9 Å². The fourth-order valence-corrected chi connectivity index (χ4v) is 2.86. The van der Waals surface area contributed by atoms with Crippen LogP contribution >= 0.6 is 27.3 Å². The Morgan fingerprint density at radius 1 is 1.29 bits per heavy atom. The van der Waals surface area contributed by atoms with Crippen molar-refractivity contribution in [3.8, 4) is 0 Å². The van der Waals surface area contributed by atoms with Gasteiger partial charge in [-0.3, -0.25) is 0 Å². The maximum Gasteiger partial charge on any atom is 0.126 e. The molecule has 17 heavy (non-hydrogen) atoms. The van der Waals surface area contributed by atoms with E-state index in [0.717, 1.165) is 10.9 Å². The zero-order valence-corrected chi connectivity index (χ0v) is 11.6. The SMILES string of the molecule is NC(Cc1ccsc1)Cc1cc(Br)ccc1F. The van der Waals surface area contributed by atoms with E-state index < -0.39 is 0 Å². The lowest BCUT2D eigenvalue weighted by Crippen LogP contribution is -2.25. The van der Waals surface area contributed by atoms with Crippen molar-refractivity contribution in [3.63, 3.8) is 0 Å². The molecule has 0 radical (unpaired) electrons. The van der Waals surface area contributed by atoms with E-state index in [0.29, 0.717) is 12.0 Å². The number of benzene rings is 1. The van der Waals surface area contributed by atoms with Crippen molar-refractivity contribution in [2.75, 3.05) is 0 Å². The van der Waals surface area contributed by atoms with E-state index in [1.807, 2.05) is 5.38 Å². The van der Waals surface area contributed by atoms with Gasteiger partial charge in [-0.15, -0.1) is 0 Å². The van der Waals surface area contributed by atoms with Gasteiger partial charge < -0.3 is 5.73 Å². The number of nitrogens with two attached hydrogens (primary N) is 1. The molecule has 0 fully saturated rings. The molecule has 2 rings (SSSR count). The fraction of sp³-hybridized carbons (Fsp3) is 0.231. The third-order valence-corrected chi connectivity index (χ3v) is 3.79. The molecule has 2 aromatic rings. The quantitative estimate of drug-likeness (QED) is 0.913. The van der Waals surface area contributed by atoms with Crippen LogP contribution < -0.4 is 5.73 Å². The Hall–Kier alpha value is -0.710. The average Bonchev–Trinajstić information content (AvgIpc) is 2.76. The minimum atomic E-state index is -0.186. The van der Waals surface area contributed by atoms with Crippen molar-refractivity contribution in [1.82, 2.24) is 0 Å². The van der Waals surface area contributed by atoms with Crippen LogP contribution in [0, 0.1) is 5.82 Å². The summed E-state index contributed by atoms with van der Waals surface area (Å²) < 4.78 is 14.4. The van der Waals surface area contributed by atoms with Gasteiger partial charge in [0.05, 0.1) is 0 Å². The highest BCUT2D eigenvalue weighted by molar-refractivity contribution is 9.10. The first-order valence-electron chi connectivity index (χ1n) is 5.36. The highest BCUT2D eigenvalue weighted by Gasteiger charge is 2.10. The van der Waals surface area contributed by atoms with Gasteiger partial charge in [-0.2, -0.15) is 11.3 Å². The second-order valence-corrected chi connectivity index (χ2v) is 5.73. The highest BCUT2D eigenvalue weighted by Crippen LogP contribution is 2.18. The van der Waals surface area contributed by atoms with Crippen molar-refractivity contribution < 1.29 is 4.39 Å². The summed E-state index contributed by atoms with van der Waals surface area (Å²) >= 11 is 5.00. The molecule has 0 aliphatic carbocycles. The van der Waals surface area contributed by atoms with E-state index in [2.05, 4.69) is 27.4 Å². The number of rotatable bonds is 4. The lowest BCUT2D eigenvalue weighted by Gasteiger charge is -2.11. The molecular formula is C13H13BrFNS. The predicted octanol–water partition coefficient (Wildman–Crippen LogP) is 3.76. The van der Waals surface area contributed by atoms with E-state index >= 15 is 0 Å². The lowest BCUT2D eigenvalue weighted by atomic mass is 10.0. The number of halogens is 2. The van der Waals surface area contributed by atoms with Gasteiger partial charge in [0.2, 0.25) is 0 Å². The molecule has 0 aliphatic rings. The molecule has 0 bridgehead atoms. The first kappa shape index (κ1) is 12.7. The molecule has 0 amide bonds. The molecule has 1 aromatic heterocycles. The highest BCUT2D eigenvalue weighted by atomic mass is 79.9. The maximum atomic E-state index is 13.5. The summed E-state index contributed by atoms with van der Waals surface area (Å²) in [6, 6.07) is 6.97. The predicted molar refractivity (Wildman–Crippen MR) is 73.8 cm³/mol. The van der Waals surface area contributed by atoms with Crippen molar-refractivity contribution in [3.05, 3.63) is 56.4 Å². The molecule has 4 heteroatoms. The molecule has 0 aliphatic heterocycles. The number of hydrogen-bond acceptors (Lipinski definition) is 2. The van der Waals surface area contributed by atoms with Gasteiger partial charge in [0.1, 0.15) is 5.82 Å². The van der Waals surface area contributed by atoms with Crippen LogP contribution in [0.25, 0.3) is 0 Å². The minimum Gasteiger partial charge on any atom is -0.327 e. The van der Waals surface area contributed by atoms with Gasteiger partial charge in [-0.25, -0.2) is 4.39 Å². The summed E-state index contributed by atoms with van der Waals surface area (Å²) in [6.45, 7) is 0. The van der Waals surface area contributed by atoms with E-state index in [1.54, 1.807) is 23.5 Å². The van der Waals surface area contributed by atoms with Gasteiger partial charge in [-0.1, -0.05) is 15.9 Å². The molecular weight excluding hydrogens is 301 g/mol. The lowest BCUT2D eigenvalue weighted by molar-refractivity contribution is 0.584. The number of thiophene rings is 1. The summed E-state index contributed by atoms with van der Waals surface area (Å²) in [6.07, 6.45) is 1.34. The summed E-state index contributed by atoms with van der Waals surface area (Å²) in [5, 5.41) is 4.11. The molecule has 1 nitrogen and oxygen atoms in total. The second-order valence-electron chi connectivity index (χ2n) is 4.04. The number of hydrogen-bond donors (Lipinski definition) is 1. The minimum absolute atomic E-state index is 0.0478. The topological polar surface area (TPSA) is 26.0 Å². The van der Waals surface area contributed by atoms with E-state index in [-0.39, 0.29) is 11.9 Å². The zero-order valence-electron chi connectivity index (χ0n) is 9.20. The largest absolute Gasteiger partial charge is 0.327 e. The third kappa shape index (κ3) is 3.63. The molecule has 0 saturated heterocycles. The van der Waals surface area contributed by atoms with Crippen LogP contribution in [0.4, 0.5) is 4.39 Å². The molecule has 90 valence electrons. The summed E-state index contributed by atoms with van der Waals surface area (Å²) in [5.41, 5.74) is 7.93. The Labute approximate surface area is 113 Å². The third-order valence-electron chi connectivity index (χ3n) is 2.57. The molecule has 0 spiro atoms. The van der Waals surface area contributed by atoms with Crippen LogP contribution in [0.5, 0.6) is 0 Å². The van der Waals surface area contributed by atoms with Gasteiger partial charge in [0.25, 0.3) is 0 Å². The Balaban J connectivity index is 2.02. The fourth-order valence-electron chi connectivity index (χ4n) is 1.77. The first-order valence-corrected chi connectivity index (χ1v) is 7.09. The van der Waals surface area contributed by atoms with Gasteiger partial charge in [0, 0.05) is 10.5 Å². The van der Waals surface area contributed by atoms with Crippen LogP contribution in [0.1, 0.15) is 11.1 Å². The van der Waals surface area contributed by atoms with Crippen LogP contribution in [0.2, 0.25) is 0 Å².